The topological polar surface area (TPSA) is 102 Å². The van der Waals surface area contributed by atoms with Crippen molar-refractivity contribution in [3.63, 3.8) is 0 Å². The molecule has 1 aromatic heterocycles. The molecule has 0 spiro atoms. The number of hydrogen-bond donors (Lipinski definition) is 3. The number of pyridine rings is 1. The van der Waals surface area contributed by atoms with Gasteiger partial charge >= 0.3 is 0 Å². The molecule has 0 radical (unpaired) electrons. The average molecular weight is 299 g/mol. The van der Waals surface area contributed by atoms with E-state index in [4.69, 9.17) is 5.11 Å². The van der Waals surface area contributed by atoms with Gasteiger partial charge in [-0.25, -0.2) is 0 Å². The minimum atomic E-state index is -0.499. The van der Waals surface area contributed by atoms with E-state index in [1.165, 1.54) is 12.1 Å². The highest BCUT2D eigenvalue weighted by atomic mass is 16.3. The van der Waals surface area contributed by atoms with Gasteiger partial charge in [0, 0.05) is 34.8 Å². The molecule has 2 aromatic rings. The predicted molar refractivity (Wildman–Crippen MR) is 80.1 cm³/mol. The van der Waals surface area contributed by atoms with Crippen LogP contribution in [0.3, 0.4) is 0 Å². The quantitative estimate of drug-likeness (QED) is 0.699. The van der Waals surface area contributed by atoms with Crippen molar-refractivity contribution >= 4 is 28.3 Å². The maximum absolute atomic E-state index is 12.1. The van der Waals surface area contributed by atoms with Gasteiger partial charge in [-0.05, 0) is 6.07 Å². The summed E-state index contributed by atoms with van der Waals surface area (Å²) in [5, 5.41) is 13.2. The van der Waals surface area contributed by atoms with Crippen LogP contribution in [0.1, 0.15) is 0 Å². The first-order valence-electron chi connectivity index (χ1n) is 6.67. The van der Waals surface area contributed by atoms with Crippen LogP contribution in [-0.2, 0) is 9.59 Å². The van der Waals surface area contributed by atoms with Gasteiger partial charge in [-0.15, -0.1) is 0 Å². The summed E-state index contributed by atoms with van der Waals surface area (Å²) in [6.45, 7) is -0.337. The Hall–Kier alpha value is -2.93. The van der Waals surface area contributed by atoms with Crippen LogP contribution >= 0.6 is 0 Å². The smallest absolute Gasteiger partial charge is 0.277 e. The first-order valence-corrected chi connectivity index (χ1v) is 6.67. The Morgan fingerprint density at radius 1 is 1.23 bits per heavy atom. The SMILES string of the molecule is O=C1C=C(Nc2cccc3c[nH]c(=O)cc23)C(=O)N1CCO. The molecule has 0 saturated carbocycles. The number of aliphatic hydroxyl groups is 1. The predicted octanol–water partition coefficient (Wildman–Crippen LogP) is 0.185. The lowest BCUT2D eigenvalue weighted by atomic mass is 10.1. The van der Waals surface area contributed by atoms with Crippen molar-refractivity contribution in [1.82, 2.24) is 9.88 Å². The summed E-state index contributed by atoms with van der Waals surface area (Å²) in [4.78, 5) is 38.8. The van der Waals surface area contributed by atoms with E-state index in [1.807, 2.05) is 6.07 Å². The summed E-state index contributed by atoms with van der Waals surface area (Å²) in [5.41, 5.74) is 0.416. The molecule has 1 aliphatic rings. The van der Waals surface area contributed by atoms with Crippen molar-refractivity contribution in [3.05, 3.63) is 52.6 Å². The maximum atomic E-state index is 12.1. The van der Waals surface area contributed by atoms with E-state index >= 15 is 0 Å². The third kappa shape index (κ3) is 2.38. The fourth-order valence-corrected chi connectivity index (χ4v) is 2.36. The Morgan fingerprint density at radius 3 is 2.82 bits per heavy atom. The summed E-state index contributed by atoms with van der Waals surface area (Å²) in [6, 6.07) is 6.74. The highest BCUT2D eigenvalue weighted by molar-refractivity contribution is 6.18. The number of anilines is 1. The lowest BCUT2D eigenvalue weighted by molar-refractivity contribution is -0.137. The van der Waals surface area contributed by atoms with Crippen molar-refractivity contribution in [1.29, 1.82) is 0 Å². The zero-order valence-corrected chi connectivity index (χ0v) is 11.5. The standard InChI is InChI=1S/C15H13N3O4/c19-5-4-18-14(21)7-12(15(18)22)17-11-3-1-2-9-8-16-13(20)6-10(9)11/h1-3,6-8,17,19H,4-5H2,(H,16,20). The summed E-state index contributed by atoms with van der Waals surface area (Å²) in [5.74, 6) is -0.972. The molecule has 0 aliphatic carbocycles. The molecule has 3 rings (SSSR count). The Morgan fingerprint density at radius 2 is 2.05 bits per heavy atom. The number of β-amino-alcohol motifs (C(OH)–C–C–N with tert-alkyl or cyclic N) is 1. The van der Waals surface area contributed by atoms with Crippen LogP contribution in [0.2, 0.25) is 0 Å². The van der Waals surface area contributed by atoms with E-state index in [0.29, 0.717) is 11.1 Å². The Kier molecular flexibility index (Phi) is 3.48. The van der Waals surface area contributed by atoms with Crippen LogP contribution in [-0.4, -0.2) is 40.0 Å². The average Bonchev–Trinajstić information content (AvgIpc) is 2.76. The molecule has 0 bridgehead atoms. The van der Waals surface area contributed by atoms with Crippen molar-refractivity contribution in [3.8, 4) is 0 Å². The minimum Gasteiger partial charge on any atom is -0.395 e. The molecular weight excluding hydrogens is 286 g/mol. The number of imide groups is 1. The van der Waals surface area contributed by atoms with Gasteiger partial charge in [-0.2, -0.15) is 0 Å². The van der Waals surface area contributed by atoms with E-state index in [1.54, 1.807) is 18.3 Å². The van der Waals surface area contributed by atoms with Crippen LogP contribution in [0, 0.1) is 0 Å². The molecule has 1 aliphatic heterocycles. The number of nitrogens with zero attached hydrogens (tertiary/aromatic N) is 1. The maximum Gasteiger partial charge on any atom is 0.277 e. The number of carbonyl (C=O) groups is 2. The fraction of sp³-hybridized carbons (Fsp3) is 0.133. The van der Waals surface area contributed by atoms with Gasteiger partial charge in [0.05, 0.1) is 13.2 Å². The summed E-state index contributed by atoms with van der Waals surface area (Å²) < 4.78 is 0. The number of benzene rings is 1. The molecule has 1 aromatic carbocycles. The molecule has 2 amide bonds. The first-order chi connectivity index (χ1) is 10.6. The van der Waals surface area contributed by atoms with E-state index in [0.717, 1.165) is 10.3 Å². The molecule has 22 heavy (non-hydrogen) atoms. The monoisotopic (exact) mass is 299 g/mol. The first kappa shape index (κ1) is 14.0. The van der Waals surface area contributed by atoms with Crippen molar-refractivity contribution < 1.29 is 14.7 Å². The number of rotatable bonds is 4. The van der Waals surface area contributed by atoms with Crippen molar-refractivity contribution in [2.45, 2.75) is 0 Å². The molecule has 3 N–H and O–H groups in total. The van der Waals surface area contributed by atoms with Gasteiger partial charge in [0.15, 0.2) is 0 Å². The second kappa shape index (κ2) is 5.45. The molecule has 112 valence electrons. The Bertz CT molecular complexity index is 853. The third-order valence-corrected chi connectivity index (χ3v) is 3.39. The number of H-pyrrole nitrogens is 1. The van der Waals surface area contributed by atoms with Crippen LogP contribution in [0.5, 0.6) is 0 Å². The number of aliphatic hydroxyl groups excluding tert-OH is 1. The number of fused-ring (bicyclic) bond motifs is 1. The summed E-state index contributed by atoms with van der Waals surface area (Å²) in [7, 11) is 0. The number of hydrogen-bond acceptors (Lipinski definition) is 5. The van der Waals surface area contributed by atoms with Gasteiger partial charge in [0.2, 0.25) is 5.56 Å². The zero-order chi connectivity index (χ0) is 15.7. The van der Waals surface area contributed by atoms with E-state index in [9.17, 15) is 14.4 Å². The Balaban J connectivity index is 1.96. The highest BCUT2D eigenvalue weighted by Crippen LogP contribution is 2.24. The van der Waals surface area contributed by atoms with Gasteiger partial charge in [-0.3, -0.25) is 19.3 Å². The number of aromatic amines is 1. The summed E-state index contributed by atoms with van der Waals surface area (Å²) >= 11 is 0. The van der Waals surface area contributed by atoms with E-state index in [2.05, 4.69) is 10.3 Å². The Labute approximate surface area is 124 Å². The van der Waals surface area contributed by atoms with Crippen LogP contribution < -0.4 is 10.9 Å². The molecule has 0 fully saturated rings. The van der Waals surface area contributed by atoms with Crippen LogP contribution in [0.4, 0.5) is 5.69 Å². The third-order valence-electron chi connectivity index (χ3n) is 3.39. The largest absolute Gasteiger partial charge is 0.395 e. The highest BCUT2D eigenvalue weighted by Gasteiger charge is 2.30. The molecular formula is C15H13N3O4. The molecule has 0 unspecified atom stereocenters. The molecule has 0 saturated heterocycles. The molecule has 2 heterocycles. The van der Waals surface area contributed by atoms with Gasteiger partial charge in [0.1, 0.15) is 5.70 Å². The van der Waals surface area contributed by atoms with E-state index < -0.39 is 11.8 Å². The van der Waals surface area contributed by atoms with Gasteiger partial charge < -0.3 is 15.4 Å². The van der Waals surface area contributed by atoms with Crippen molar-refractivity contribution in [2.24, 2.45) is 0 Å². The van der Waals surface area contributed by atoms with Gasteiger partial charge in [-0.1, -0.05) is 12.1 Å². The second-order valence-corrected chi connectivity index (χ2v) is 4.81. The van der Waals surface area contributed by atoms with Crippen LogP contribution in [0.15, 0.2) is 47.0 Å². The molecule has 0 atom stereocenters. The van der Waals surface area contributed by atoms with E-state index in [-0.39, 0.29) is 24.4 Å². The lowest BCUT2D eigenvalue weighted by Gasteiger charge is -2.14. The number of aromatic nitrogens is 1. The minimum absolute atomic E-state index is 0.0471. The van der Waals surface area contributed by atoms with Gasteiger partial charge in [0.25, 0.3) is 11.8 Å². The number of amides is 2. The summed E-state index contributed by atoms with van der Waals surface area (Å²) in [6.07, 6.45) is 2.76. The second-order valence-electron chi connectivity index (χ2n) is 4.81. The number of carbonyl (C=O) groups excluding carboxylic acids is 2. The number of nitrogens with one attached hydrogen (secondary N) is 2. The lowest BCUT2D eigenvalue weighted by Crippen LogP contribution is -2.34. The zero-order valence-electron chi connectivity index (χ0n) is 11.5. The normalized spacial score (nSPS) is 14.6. The van der Waals surface area contributed by atoms with Crippen LogP contribution in [0.25, 0.3) is 10.8 Å². The molecule has 7 heteroatoms. The fourth-order valence-electron chi connectivity index (χ4n) is 2.36. The molecule has 7 nitrogen and oxygen atoms in total. The van der Waals surface area contributed by atoms with Crippen molar-refractivity contribution in [2.75, 3.05) is 18.5 Å².